The SMILES string of the molecule is Cc1nc2nccc(-c3cc4cc(CNCCC(C)C)ccc4[nH]3)c2[nH]1. The zero-order valence-corrected chi connectivity index (χ0v) is 15.6. The van der Waals surface area contributed by atoms with Gasteiger partial charge < -0.3 is 15.3 Å². The molecule has 0 unspecified atom stereocenters. The number of aryl methyl sites for hydroxylation is 1. The van der Waals surface area contributed by atoms with E-state index in [0.29, 0.717) is 0 Å². The third-order valence-electron chi connectivity index (χ3n) is 4.71. The molecule has 0 radical (unpaired) electrons. The Morgan fingerprint density at radius 1 is 1.12 bits per heavy atom. The molecule has 3 N–H and O–H groups in total. The second kappa shape index (κ2) is 6.92. The molecule has 0 bridgehead atoms. The van der Waals surface area contributed by atoms with Crippen LogP contribution in [-0.4, -0.2) is 26.5 Å². The Morgan fingerprint density at radius 2 is 2.00 bits per heavy atom. The quantitative estimate of drug-likeness (QED) is 0.448. The van der Waals surface area contributed by atoms with Crippen molar-refractivity contribution in [2.75, 3.05) is 6.54 Å². The van der Waals surface area contributed by atoms with Gasteiger partial charge in [-0.15, -0.1) is 0 Å². The van der Waals surface area contributed by atoms with Crippen molar-refractivity contribution in [3.63, 3.8) is 0 Å². The van der Waals surface area contributed by atoms with Crippen molar-refractivity contribution in [1.82, 2.24) is 25.3 Å². The molecule has 0 aliphatic heterocycles. The van der Waals surface area contributed by atoms with Gasteiger partial charge in [-0.3, -0.25) is 0 Å². The first-order valence-electron chi connectivity index (χ1n) is 9.24. The van der Waals surface area contributed by atoms with Crippen LogP contribution in [0, 0.1) is 12.8 Å². The minimum Gasteiger partial charge on any atom is -0.354 e. The van der Waals surface area contributed by atoms with E-state index in [4.69, 9.17) is 0 Å². The van der Waals surface area contributed by atoms with Crippen LogP contribution in [0.4, 0.5) is 0 Å². The maximum Gasteiger partial charge on any atom is 0.178 e. The topological polar surface area (TPSA) is 69.4 Å². The van der Waals surface area contributed by atoms with Gasteiger partial charge in [0.15, 0.2) is 5.65 Å². The number of imidazole rings is 1. The van der Waals surface area contributed by atoms with Gasteiger partial charge in [-0.05, 0) is 55.6 Å². The molecule has 5 heteroatoms. The van der Waals surface area contributed by atoms with Crippen molar-refractivity contribution in [3.8, 4) is 11.3 Å². The molecule has 0 saturated carbocycles. The van der Waals surface area contributed by atoms with Gasteiger partial charge in [0, 0.05) is 34.9 Å². The molecule has 5 nitrogen and oxygen atoms in total. The number of rotatable bonds is 6. The summed E-state index contributed by atoms with van der Waals surface area (Å²) in [5, 5.41) is 4.76. The lowest BCUT2D eigenvalue weighted by atomic mass is 10.1. The van der Waals surface area contributed by atoms with Crippen LogP contribution in [0.5, 0.6) is 0 Å². The molecule has 3 heterocycles. The molecule has 26 heavy (non-hydrogen) atoms. The van der Waals surface area contributed by atoms with Crippen molar-refractivity contribution in [3.05, 3.63) is 47.9 Å². The monoisotopic (exact) mass is 347 g/mol. The number of hydrogen-bond donors (Lipinski definition) is 3. The van der Waals surface area contributed by atoms with Gasteiger partial charge in [0.05, 0.1) is 5.52 Å². The van der Waals surface area contributed by atoms with E-state index in [-0.39, 0.29) is 0 Å². The summed E-state index contributed by atoms with van der Waals surface area (Å²) in [7, 11) is 0. The number of hydrogen-bond acceptors (Lipinski definition) is 3. The Hall–Kier alpha value is -2.66. The van der Waals surface area contributed by atoms with Crippen LogP contribution in [0.3, 0.4) is 0 Å². The molecule has 0 atom stereocenters. The maximum atomic E-state index is 4.43. The van der Waals surface area contributed by atoms with E-state index in [9.17, 15) is 0 Å². The Labute approximate surface area is 153 Å². The first-order chi connectivity index (χ1) is 12.6. The number of H-pyrrole nitrogens is 2. The summed E-state index contributed by atoms with van der Waals surface area (Å²) in [6, 6.07) is 10.8. The Balaban J connectivity index is 1.61. The molecule has 1 aromatic carbocycles. The van der Waals surface area contributed by atoms with Crippen LogP contribution in [0.2, 0.25) is 0 Å². The van der Waals surface area contributed by atoms with Gasteiger partial charge >= 0.3 is 0 Å². The summed E-state index contributed by atoms with van der Waals surface area (Å²) >= 11 is 0. The Bertz CT molecular complexity index is 1040. The van der Waals surface area contributed by atoms with Crippen molar-refractivity contribution < 1.29 is 0 Å². The van der Waals surface area contributed by atoms with Crippen molar-refractivity contribution in [2.45, 2.75) is 33.7 Å². The van der Waals surface area contributed by atoms with Crippen molar-refractivity contribution in [2.24, 2.45) is 5.92 Å². The molecular formula is C21H25N5. The van der Waals surface area contributed by atoms with Gasteiger partial charge in [-0.1, -0.05) is 19.9 Å². The Kier molecular flexibility index (Phi) is 4.47. The lowest BCUT2D eigenvalue weighted by Gasteiger charge is -2.07. The van der Waals surface area contributed by atoms with Gasteiger partial charge in [-0.2, -0.15) is 0 Å². The number of nitrogens with one attached hydrogen (secondary N) is 3. The molecule has 0 amide bonds. The summed E-state index contributed by atoms with van der Waals surface area (Å²) in [4.78, 5) is 15.6. The number of aromatic amines is 2. The fourth-order valence-electron chi connectivity index (χ4n) is 3.31. The molecule has 0 saturated heterocycles. The van der Waals surface area contributed by atoms with Crippen LogP contribution < -0.4 is 5.32 Å². The van der Waals surface area contributed by atoms with Gasteiger partial charge in [-0.25, -0.2) is 9.97 Å². The smallest absolute Gasteiger partial charge is 0.178 e. The van der Waals surface area contributed by atoms with Crippen molar-refractivity contribution >= 4 is 22.1 Å². The van der Waals surface area contributed by atoms with E-state index in [2.05, 4.69) is 63.4 Å². The zero-order chi connectivity index (χ0) is 18.1. The first kappa shape index (κ1) is 16.8. The van der Waals surface area contributed by atoms with Crippen LogP contribution in [-0.2, 0) is 6.54 Å². The predicted octanol–water partition coefficient (Wildman–Crippen LogP) is 4.55. The van der Waals surface area contributed by atoms with E-state index in [1.165, 1.54) is 17.4 Å². The van der Waals surface area contributed by atoms with E-state index in [0.717, 1.165) is 52.8 Å². The van der Waals surface area contributed by atoms with E-state index < -0.39 is 0 Å². The molecule has 3 aromatic heterocycles. The minimum absolute atomic E-state index is 0.737. The number of fused-ring (bicyclic) bond motifs is 2. The minimum atomic E-state index is 0.737. The van der Waals surface area contributed by atoms with Crippen molar-refractivity contribution in [1.29, 1.82) is 0 Å². The zero-order valence-electron chi connectivity index (χ0n) is 15.6. The van der Waals surface area contributed by atoms with Crippen LogP contribution in [0.15, 0.2) is 36.5 Å². The predicted molar refractivity (Wildman–Crippen MR) is 107 cm³/mol. The summed E-state index contributed by atoms with van der Waals surface area (Å²) in [5.74, 6) is 1.62. The molecule has 4 aromatic rings. The molecule has 4 rings (SSSR count). The number of nitrogens with zero attached hydrogens (tertiary/aromatic N) is 2. The lowest BCUT2D eigenvalue weighted by Crippen LogP contribution is -2.16. The van der Waals surface area contributed by atoms with Crippen LogP contribution in [0.1, 0.15) is 31.7 Å². The molecule has 0 spiro atoms. The Morgan fingerprint density at radius 3 is 2.85 bits per heavy atom. The average Bonchev–Trinajstić information content (AvgIpc) is 3.19. The summed E-state index contributed by atoms with van der Waals surface area (Å²) in [6.07, 6.45) is 3.02. The highest BCUT2D eigenvalue weighted by Gasteiger charge is 2.11. The van der Waals surface area contributed by atoms with Crippen LogP contribution >= 0.6 is 0 Å². The third-order valence-corrected chi connectivity index (χ3v) is 4.71. The molecule has 134 valence electrons. The maximum absolute atomic E-state index is 4.43. The number of aromatic nitrogens is 4. The first-order valence-corrected chi connectivity index (χ1v) is 9.24. The highest BCUT2D eigenvalue weighted by Crippen LogP contribution is 2.29. The largest absolute Gasteiger partial charge is 0.354 e. The van der Waals surface area contributed by atoms with E-state index >= 15 is 0 Å². The van der Waals surface area contributed by atoms with Gasteiger partial charge in [0.25, 0.3) is 0 Å². The normalized spacial score (nSPS) is 11.8. The second-order valence-corrected chi connectivity index (χ2v) is 7.34. The fourth-order valence-corrected chi connectivity index (χ4v) is 3.31. The highest BCUT2D eigenvalue weighted by atomic mass is 15.0. The number of benzene rings is 1. The fraction of sp³-hybridized carbons (Fsp3) is 0.333. The highest BCUT2D eigenvalue weighted by molar-refractivity contribution is 5.94. The lowest BCUT2D eigenvalue weighted by molar-refractivity contribution is 0.537. The van der Waals surface area contributed by atoms with Gasteiger partial charge in [0.2, 0.25) is 0 Å². The molecular weight excluding hydrogens is 322 g/mol. The third kappa shape index (κ3) is 3.35. The summed E-state index contributed by atoms with van der Waals surface area (Å²) < 4.78 is 0. The van der Waals surface area contributed by atoms with Crippen LogP contribution in [0.25, 0.3) is 33.3 Å². The number of pyridine rings is 1. The molecule has 0 fully saturated rings. The van der Waals surface area contributed by atoms with E-state index in [1.54, 1.807) is 0 Å². The molecule has 0 aliphatic carbocycles. The second-order valence-electron chi connectivity index (χ2n) is 7.34. The average molecular weight is 347 g/mol. The standard InChI is InChI=1S/C21H25N5/c1-13(2)6-8-22-12-15-4-5-18-16(10-15)11-19(26-18)17-7-9-23-21-20(17)24-14(3)25-21/h4-5,7,9-11,13,22,26H,6,8,12H2,1-3H3,(H,23,24,25). The van der Waals surface area contributed by atoms with E-state index in [1.807, 2.05) is 19.2 Å². The molecule has 0 aliphatic rings. The summed E-state index contributed by atoms with van der Waals surface area (Å²) in [6.45, 7) is 8.43. The summed E-state index contributed by atoms with van der Waals surface area (Å²) in [5.41, 5.74) is 6.38. The van der Waals surface area contributed by atoms with Gasteiger partial charge in [0.1, 0.15) is 5.82 Å².